The third-order valence-electron chi connectivity index (χ3n) is 3.24. The number of thiophene rings is 1. The molecule has 0 saturated heterocycles. The summed E-state index contributed by atoms with van der Waals surface area (Å²) in [5.41, 5.74) is 3.86. The maximum atomic E-state index is 4.69. The Kier molecular flexibility index (Phi) is 3.64. The van der Waals surface area contributed by atoms with Gasteiger partial charge in [0.25, 0.3) is 0 Å². The number of aryl methyl sites for hydroxylation is 1. The van der Waals surface area contributed by atoms with Crippen LogP contribution in [-0.4, -0.2) is 4.98 Å². The fourth-order valence-electron chi connectivity index (χ4n) is 1.99. The highest BCUT2D eigenvalue weighted by Gasteiger charge is 2.11. The fourth-order valence-corrected chi connectivity index (χ4v) is 3.84. The number of aromatic nitrogens is 1. The van der Waals surface area contributed by atoms with E-state index in [9.17, 15) is 0 Å². The van der Waals surface area contributed by atoms with Gasteiger partial charge >= 0.3 is 0 Å². The summed E-state index contributed by atoms with van der Waals surface area (Å²) in [6, 6.07) is 8.60. The predicted molar refractivity (Wildman–Crippen MR) is 83.9 cm³/mol. The van der Waals surface area contributed by atoms with Gasteiger partial charge in [-0.15, -0.1) is 11.3 Å². The molecular formula is C15H16N2S2. The first-order valence-electron chi connectivity index (χ1n) is 6.34. The monoisotopic (exact) mass is 288 g/mol. The zero-order valence-electron chi connectivity index (χ0n) is 11.0. The van der Waals surface area contributed by atoms with Crippen molar-refractivity contribution in [1.29, 1.82) is 0 Å². The van der Waals surface area contributed by atoms with E-state index >= 15 is 0 Å². The molecule has 0 aliphatic heterocycles. The van der Waals surface area contributed by atoms with E-state index in [-0.39, 0.29) is 6.04 Å². The Labute approximate surface area is 121 Å². The van der Waals surface area contributed by atoms with Gasteiger partial charge in [-0.25, -0.2) is 4.98 Å². The minimum Gasteiger partial charge on any atom is -0.304 e. The molecule has 0 fully saturated rings. The van der Waals surface area contributed by atoms with Crippen LogP contribution in [0.4, 0.5) is 0 Å². The third kappa shape index (κ3) is 2.71. The van der Waals surface area contributed by atoms with Gasteiger partial charge in [-0.1, -0.05) is 12.1 Å². The average Bonchev–Trinajstić information content (AvgIpc) is 3.01. The van der Waals surface area contributed by atoms with Crippen molar-refractivity contribution in [1.82, 2.24) is 10.3 Å². The molecule has 1 atom stereocenters. The Morgan fingerprint density at radius 3 is 2.84 bits per heavy atom. The molecule has 2 heterocycles. The van der Waals surface area contributed by atoms with Crippen LogP contribution in [0.1, 0.15) is 29.1 Å². The molecule has 0 aliphatic carbocycles. The Hall–Kier alpha value is -1.23. The molecule has 19 heavy (non-hydrogen) atoms. The second-order valence-electron chi connectivity index (χ2n) is 4.70. The molecule has 0 radical (unpaired) electrons. The molecule has 0 saturated carbocycles. The SMILES string of the molecule is Cc1cscc1CNC(C)c1nc2ccccc2s1. The van der Waals surface area contributed by atoms with Crippen LogP contribution in [0, 0.1) is 6.92 Å². The van der Waals surface area contributed by atoms with Crippen molar-refractivity contribution in [2.45, 2.75) is 26.4 Å². The number of thiazole rings is 1. The maximum absolute atomic E-state index is 4.69. The molecule has 2 aromatic heterocycles. The number of para-hydroxylation sites is 1. The summed E-state index contributed by atoms with van der Waals surface area (Å²) in [5.74, 6) is 0. The van der Waals surface area contributed by atoms with Crippen molar-refractivity contribution in [2.75, 3.05) is 0 Å². The number of rotatable bonds is 4. The largest absolute Gasteiger partial charge is 0.304 e. The molecule has 0 bridgehead atoms. The Morgan fingerprint density at radius 1 is 1.26 bits per heavy atom. The van der Waals surface area contributed by atoms with Crippen LogP contribution in [-0.2, 0) is 6.54 Å². The van der Waals surface area contributed by atoms with Crippen LogP contribution in [0.15, 0.2) is 35.0 Å². The third-order valence-corrected chi connectivity index (χ3v) is 5.37. The lowest BCUT2D eigenvalue weighted by atomic mass is 10.2. The first-order chi connectivity index (χ1) is 9.24. The van der Waals surface area contributed by atoms with Gasteiger partial charge in [0.05, 0.1) is 16.3 Å². The van der Waals surface area contributed by atoms with E-state index in [4.69, 9.17) is 4.98 Å². The van der Waals surface area contributed by atoms with E-state index in [1.54, 1.807) is 22.7 Å². The maximum Gasteiger partial charge on any atom is 0.111 e. The van der Waals surface area contributed by atoms with Crippen LogP contribution < -0.4 is 5.32 Å². The molecular weight excluding hydrogens is 272 g/mol. The molecule has 3 rings (SSSR count). The lowest BCUT2D eigenvalue weighted by molar-refractivity contribution is 0.572. The minimum absolute atomic E-state index is 0.289. The van der Waals surface area contributed by atoms with Crippen molar-refractivity contribution in [3.8, 4) is 0 Å². The summed E-state index contributed by atoms with van der Waals surface area (Å²) in [7, 11) is 0. The Balaban J connectivity index is 1.73. The zero-order valence-corrected chi connectivity index (χ0v) is 12.6. The summed E-state index contributed by atoms with van der Waals surface area (Å²) < 4.78 is 1.26. The Bertz CT molecular complexity index is 651. The van der Waals surface area contributed by atoms with Gasteiger partial charge in [0.1, 0.15) is 5.01 Å². The highest BCUT2D eigenvalue weighted by atomic mass is 32.1. The lowest BCUT2D eigenvalue weighted by Gasteiger charge is -2.10. The number of nitrogens with zero attached hydrogens (tertiary/aromatic N) is 1. The molecule has 4 heteroatoms. The first-order valence-corrected chi connectivity index (χ1v) is 8.10. The first kappa shape index (κ1) is 12.8. The van der Waals surface area contributed by atoms with E-state index in [0.29, 0.717) is 0 Å². The van der Waals surface area contributed by atoms with E-state index < -0.39 is 0 Å². The quantitative estimate of drug-likeness (QED) is 0.763. The van der Waals surface area contributed by atoms with E-state index in [1.807, 2.05) is 6.07 Å². The molecule has 1 unspecified atom stereocenters. The van der Waals surface area contributed by atoms with Crippen molar-refractivity contribution >= 4 is 32.9 Å². The summed E-state index contributed by atoms with van der Waals surface area (Å²) in [5, 5.41) is 9.13. The molecule has 0 spiro atoms. The predicted octanol–water partition coefficient (Wildman–Crippen LogP) is 4.52. The van der Waals surface area contributed by atoms with Crippen LogP contribution >= 0.6 is 22.7 Å². The number of nitrogens with one attached hydrogen (secondary N) is 1. The van der Waals surface area contributed by atoms with Crippen molar-refractivity contribution in [3.05, 3.63) is 51.2 Å². The van der Waals surface area contributed by atoms with Gasteiger partial charge in [0, 0.05) is 6.54 Å². The van der Waals surface area contributed by atoms with Gasteiger partial charge in [-0.3, -0.25) is 0 Å². The fraction of sp³-hybridized carbons (Fsp3) is 0.267. The highest BCUT2D eigenvalue weighted by molar-refractivity contribution is 7.18. The van der Waals surface area contributed by atoms with Gasteiger partial charge in [0.2, 0.25) is 0 Å². The summed E-state index contributed by atoms with van der Waals surface area (Å²) in [6.45, 7) is 5.25. The molecule has 0 aliphatic rings. The molecule has 98 valence electrons. The smallest absolute Gasteiger partial charge is 0.111 e. The van der Waals surface area contributed by atoms with Gasteiger partial charge in [-0.05, 0) is 47.9 Å². The van der Waals surface area contributed by atoms with Crippen LogP contribution in [0.2, 0.25) is 0 Å². The average molecular weight is 288 g/mol. The van der Waals surface area contributed by atoms with Gasteiger partial charge in [-0.2, -0.15) is 11.3 Å². The van der Waals surface area contributed by atoms with Crippen LogP contribution in [0.5, 0.6) is 0 Å². The van der Waals surface area contributed by atoms with E-state index in [2.05, 4.69) is 48.1 Å². The van der Waals surface area contributed by atoms with Crippen LogP contribution in [0.3, 0.4) is 0 Å². The van der Waals surface area contributed by atoms with Crippen molar-refractivity contribution in [3.63, 3.8) is 0 Å². The van der Waals surface area contributed by atoms with Gasteiger partial charge < -0.3 is 5.32 Å². The van der Waals surface area contributed by atoms with Gasteiger partial charge in [0.15, 0.2) is 0 Å². The van der Waals surface area contributed by atoms with Crippen molar-refractivity contribution < 1.29 is 0 Å². The topological polar surface area (TPSA) is 24.9 Å². The number of hydrogen-bond donors (Lipinski definition) is 1. The highest BCUT2D eigenvalue weighted by Crippen LogP contribution is 2.26. The molecule has 1 N–H and O–H groups in total. The second-order valence-corrected chi connectivity index (χ2v) is 6.51. The van der Waals surface area contributed by atoms with Crippen LogP contribution in [0.25, 0.3) is 10.2 Å². The van der Waals surface area contributed by atoms with E-state index in [0.717, 1.165) is 17.1 Å². The lowest BCUT2D eigenvalue weighted by Crippen LogP contribution is -2.17. The summed E-state index contributed by atoms with van der Waals surface area (Å²) >= 11 is 3.54. The van der Waals surface area contributed by atoms with Crippen molar-refractivity contribution in [2.24, 2.45) is 0 Å². The number of benzene rings is 1. The van der Waals surface area contributed by atoms with E-state index in [1.165, 1.54) is 15.8 Å². The number of fused-ring (bicyclic) bond motifs is 1. The molecule has 3 aromatic rings. The molecule has 0 amide bonds. The standard InChI is InChI=1S/C15H16N2S2/c1-10-8-18-9-12(10)7-16-11(2)15-17-13-5-3-4-6-14(13)19-15/h3-6,8-9,11,16H,7H2,1-2H3. The summed E-state index contributed by atoms with van der Waals surface area (Å²) in [6.07, 6.45) is 0. The molecule has 2 nitrogen and oxygen atoms in total. The normalized spacial score (nSPS) is 12.9. The molecule has 1 aromatic carbocycles. The Morgan fingerprint density at radius 2 is 2.11 bits per heavy atom. The second kappa shape index (κ2) is 5.41. The zero-order chi connectivity index (χ0) is 13.2. The number of hydrogen-bond acceptors (Lipinski definition) is 4. The summed E-state index contributed by atoms with van der Waals surface area (Å²) in [4.78, 5) is 4.69. The minimum atomic E-state index is 0.289.